The number of carbonyl (C=O) groups excluding carboxylic acids is 1. The first-order valence-electron chi connectivity index (χ1n) is 6.27. The van der Waals surface area contributed by atoms with E-state index in [1.54, 1.807) is 6.07 Å². The van der Waals surface area contributed by atoms with Crippen LogP contribution in [0.3, 0.4) is 0 Å². The number of para-hydroxylation sites is 2. The highest BCUT2D eigenvalue weighted by Gasteiger charge is 2.14. The Morgan fingerprint density at radius 3 is 2.64 bits per heavy atom. The van der Waals surface area contributed by atoms with Crippen LogP contribution in [0, 0.1) is 0 Å². The van der Waals surface area contributed by atoms with Crippen LogP contribution >= 0.6 is 0 Å². The van der Waals surface area contributed by atoms with Crippen molar-refractivity contribution in [3.63, 3.8) is 0 Å². The van der Waals surface area contributed by atoms with Gasteiger partial charge in [-0.05, 0) is 30.3 Å². The lowest BCUT2D eigenvalue weighted by atomic mass is 10.2. The van der Waals surface area contributed by atoms with E-state index in [1.807, 2.05) is 18.2 Å². The van der Waals surface area contributed by atoms with Crippen LogP contribution in [-0.2, 0) is 10.1 Å². The van der Waals surface area contributed by atoms with Gasteiger partial charge in [0, 0.05) is 5.56 Å². The van der Waals surface area contributed by atoms with Crippen molar-refractivity contribution in [3.8, 4) is 0 Å². The number of aromatic amines is 1. The summed E-state index contributed by atoms with van der Waals surface area (Å²) in [4.78, 5) is 18.9. The zero-order chi connectivity index (χ0) is 15.7. The monoisotopic (exact) mass is 317 g/mol. The maximum Gasteiger partial charge on any atom is 0.294 e. The molecule has 0 spiro atoms. The number of hydrogen-bond donors (Lipinski definition) is 3. The van der Waals surface area contributed by atoms with E-state index in [2.05, 4.69) is 15.3 Å². The molecule has 8 heteroatoms. The van der Waals surface area contributed by atoms with Crippen molar-refractivity contribution >= 4 is 33.0 Å². The number of imidazole rings is 1. The lowest BCUT2D eigenvalue weighted by Crippen LogP contribution is -2.13. The molecular weight excluding hydrogens is 306 g/mol. The molecule has 7 nitrogen and oxygen atoms in total. The molecule has 112 valence electrons. The van der Waals surface area contributed by atoms with E-state index in [1.165, 1.54) is 18.2 Å². The lowest BCUT2D eigenvalue weighted by Gasteiger charge is -2.03. The quantitative estimate of drug-likeness (QED) is 0.640. The summed E-state index contributed by atoms with van der Waals surface area (Å²) in [5, 5.41) is 2.54. The molecule has 1 heterocycles. The molecule has 22 heavy (non-hydrogen) atoms. The Morgan fingerprint density at radius 2 is 1.91 bits per heavy atom. The van der Waals surface area contributed by atoms with E-state index >= 15 is 0 Å². The van der Waals surface area contributed by atoms with Crippen LogP contribution in [0.2, 0.25) is 0 Å². The molecule has 0 radical (unpaired) electrons. The van der Waals surface area contributed by atoms with E-state index in [9.17, 15) is 13.2 Å². The van der Waals surface area contributed by atoms with Gasteiger partial charge < -0.3 is 4.98 Å². The first-order valence-corrected chi connectivity index (χ1v) is 7.71. The number of carbonyl (C=O) groups is 1. The molecule has 0 saturated heterocycles. The average Bonchev–Trinajstić information content (AvgIpc) is 2.88. The molecule has 1 aromatic heterocycles. The molecule has 3 N–H and O–H groups in total. The van der Waals surface area contributed by atoms with Crippen molar-refractivity contribution in [2.75, 3.05) is 5.32 Å². The van der Waals surface area contributed by atoms with Gasteiger partial charge in [0.2, 0.25) is 5.95 Å². The predicted octanol–water partition coefficient (Wildman–Crippen LogP) is 2.06. The number of fused-ring (bicyclic) bond motifs is 1. The summed E-state index contributed by atoms with van der Waals surface area (Å²) in [6.45, 7) is 0. The van der Waals surface area contributed by atoms with Gasteiger partial charge in [0.05, 0.1) is 15.9 Å². The van der Waals surface area contributed by atoms with Gasteiger partial charge in [0.15, 0.2) is 0 Å². The molecule has 0 unspecified atom stereocenters. The summed E-state index contributed by atoms with van der Waals surface area (Å²) in [5.74, 6) is -0.284. The summed E-state index contributed by atoms with van der Waals surface area (Å²) >= 11 is 0. The van der Waals surface area contributed by atoms with Crippen molar-refractivity contribution in [3.05, 3.63) is 54.1 Å². The molecule has 0 atom stereocenters. The number of benzene rings is 2. The van der Waals surface area contributed by atoms with E-state index in [4.69, 9.17) is 4.55 Å². The highest BCUT2D eigenvalue weighted by Crippen LogP contribution is 2.15. The maximum absolute atomic E-state index is 12.1. The molecule has 0 bridgehead atoms. The average molecular weight is 317 g/mol. The second-order valence-corrected chi connectivity index (χ2v) is 5.98. The van der Waals surface area contributed by atoms with Crippen molar-refractivity contribution in [1.82, 2.24) is 9.97 Å². The van der Waals surface area contributed by atoms with Crippen LogP contribution in [0.5, 0.6) is 0 Å². The van der Waals surface area contributed by atoms with Gasteiger partial charge in [0.1, 0.15) is 0 Å². The maximum atomic E-state index is 12.1. The van der Waals surface area contributed by atoms with E-state index < -0.39 is 16.0 Å². The largest absolute Gasteiger partial charge is 0.324 e. The standard InChI is InChI=1S/C14H11N3O4S/c18-13(9-4-3-5-10(8-9)22(19,20)21)17-14-15-11-6-1-2-7-12(11)16-14/h1-8H,(H,19,20,21)(H2,15,16,17,18). The third-order valence-electron chi connectivity index (χ3n) is 3.02. The number of nitrogens with zero attached hydrogens (tertiary/aromatic N) is 1. The minimum Gasteiger partial charge on any atom is -0.324 e. The van der Waals surface area contributed by atoms with Gasteiger partial charge in [-0.3, -0.25) is 14.7 Å². The second-order valence-electron chi connectivity index (χ2n) is 4.56. The molecule has 0 aliphatic carbocycles. The zero-order valence-corrected chi connectivity index (χ0v) is 12.0. The Kier molecular flexibility index (Phi) is 3.39. The highest BCUT2D eigenvalue weighted by atomic mass is 32.2. The van der Waals surface area contributed by atoms with Crippen molar-refractivity contribution in [1.29, 1.82) is 0 Å². The second kappa shape index (κ2) is 5.24. The van der Waals surface area contributed by atoms with Gasteiger partial charge in [-0.1, -0.05) is 18.2 Å². The SMILES string of the molecule is O=C(Nc1nc2ccccc2[nH]1)c1cccc(S(=O)(=O)O)c1. The summed E-state index contributed by atoms with van der Waals surface area (Å²) in [7, 11) is -4.36. The molecule has 1 amide bonds. The molecule has 0 fully saturated rings. The van der Waals surface area contributed by atoms with Gasteiger partial charge >= 0.3 is 0 Å². The van der Waals surface area contributed by atoms with Crippen LogP contribution in [-0.4, -0.2) is 28.8 Å². The Labute approximate surface area is 125 Å². The lowest BCUT2D eigenvalue weighted by molar-refractivity contribution is 0.102. The molecular formula is C14H11N3O4S. The van der Waals surface area contributed by atoms with Crippen LogP contribution in [0.15, 0.2) is 53.4 Å². The normalized spacial score (nSPS) is 11.5. The first-order chi connectivity index (χ1) is 10.4. The Hall–Kier alpha value is -2.71. The van der Waals surface area contributed by atoms with Crippen molar-refractivity contribution in [2.45, 2.75) is 4.90 Å². The fourth-order valence-electron chi connectivity index (χ4n) is 1.99. The number of H-pyrrole nitrogens is 1. The molecule has 3 rings (SSSR count). The smallest absolute Gasteiger partial charge is 0.294 e. The number of nitrogens with one attached hydrogen (secondary N) is 2. The summed E-state index contributed by atoms with van der Waals surface area (Å²) in [5.41, 5.74) is 1.56. The number of aromatic nitrogens is 2. The number of anilines is 1. The van der Waals surface area contributed by atoms with Gasteiger partial charge in [-0.15, -0.1) is 0 Å². The fraction of sp³-hybridized carbons (Fsp3) is 0. The van der Waals surface area contributed by atoms with Gasteiger partial charge in [0.25, 0.3) is 16.0 Å². The van der Waals surface area contributed by atoms with Crippen LogP contribution in [0.25, 0.3) is 11.0 Å². The number of rotatable bonds is 3. The molecule has 0 aliphatic rings. The third-order valence-corrected chi connectivity index (χ3v) is 3.87. The van der Waals surface area contributed by atoms with Crippen LogP contribution in [0.1, 0.15) is 10.4 Å². The molecule has 0 aliphatic heterocycles. The minimum absolute atomic E-state index is 0.0931. The van der Waals surface area contributed by atoms with E-state index in [0.29, 0.717) is 5.52 Å². The van der Waals surface area contributed by atoms with Crippen molar-refractivity contribution in [2.24, 2.45) is 0 Å². The highest BCUT2D eigenvalue weighted by molar-refractivity contribution is 7.85. The predicted molar refractivity (Wildman–Crippen MR) is 80.3 cm³/mol. The first kappa shape index (κ1) is 14.2. The summed E-state index contributed by atoms with van der Waals surface area (Å²) < 4.78 is 31.2. The third kappa shape index (κ3) is 2.83. The van der Waals surface area contributed by atoms with E-state index in [-0.39, 0.29) is 16.4 Å². The van der Waals surface area contributed by atoms with Crippen molar-refractivity contribution < 1.29 is 17.8 Å². The molecule has 2 aromatic carbocycles. The van der Waals surface area contributed by atoms with Gasteiger partial charge in [-0.25, -0.2) is 4.98 Å². The topological polar surface area (TPSA) is 112 Å². The van der Waals surface area contributed by atoms with Crippen LogP contribution in [0.4, 0.5) is 5.95 Å². The van der Waals surface area contributed by atoms with Gasteiger partial charge in [-0.2, -0.15) is 8.42 Å². The molecule has 0 saturated carbocycles. The fourth-order valence-corrected chi connectivity index (χ4v) is 2.52. The number of amides is 1. The summed E-state index contributed by atoms with van der Waals surface area (Å²) in [6, 6.07) is 12.4. The minimum atomic E-state index is -4.36. The Bertz CT molecular complexity index is 930. The summed E-state index contributed by atoms with van der Waals surface area (Å²) in [6.07, 6.45) is 0. The Morgan fingerprint density at radius 1 is 1.14 bits per heavy atom. The Balaban J connectivity index is 1.88. The zero-order valence-electron chi connectivity index (χ0n) is 11.1. The van der Waals surface area contributed by atoms with E-state index in [0.717, 1.165) is 11.6 Å². The number of hydrogen-bond acceptors (Lipinski definition) is 4. The molecule has 3 aromatic rings. The van der Waals surface area contributed by atoms with Crippen LogP contribution < -0.4 is 5.32 Å².